The first-order valence-electron chi connectivity index (χ1n) is 10.2. The molecule has 33 heavy (non-hydrogen) atoms. The topological polar surface area (TPSA) is 109 Å². The van der Waals surface area contributed by atoms with Crippen molar-refractivity contribution in [3.63, 3.8) is 0 Å². The minimum atomic E-state index is -4.02. The number of H-pyrrole nitrogens is 1. The first-order valence-corrected chi connectivity index (χ1v) is 12.3. The van der Waals surface area contributed by atoms with Crippen LogP contribution in [0.4, 0.5) is 0 Å². The minimum absolute atomic E-state index is 0.0510. The van der Waals surface area contributed by atoms with Crippen molar-refractivity contribution in [3.05, 3.63) is 94.0 Å². The lowest BCUT2D eigenvalue weighted by Gasteiger charge is -2.22. The van der Waals surface area contributed by atoms with E-state index in [1.807, 2.05) is 25.1 Å². The van der Waals surface area contributed by atoms with E-state index >= 15 is 0 Å². The summed E-state index contributed by atoms with van der Waals surface area (Å²) in [5.41, 5.74) is 3.26. The van der Waals surface area contributed by atoms with E-state index in [9.17, 15) is 13.2 Å². The number of aromatic nitrogens is 4. The van der Waals surface area contributed by atoms with Crippen LogP contribution >= 0.6 is 11.7 Å². The number of rotatable bonds is 6. The monoisotopic (exact) mass is 477 g/mol. The van der Waals surface area contributed by atoms with Crippen LogP contribution in [-0.2, 0) is 23.1 Å². The van der Waals surface area contributed by atoms with Gasteiger partial charge in [0.25, 0.3) is 5.56 Å². The molecular weight excluding hydrogens is 458 g/mol. The SMILES string of the molecule is Cc1cccc2cc(CN(Cc3cccnc3)S(=O)(=O)c3cccc4nsnc34)c(=O)[nH]c12. The fourth-order valence-corrected chi connectivity index (χ4v) is 5.94. The van der Waals surface area contributed by atoms with Crippen LogP contribution in [0.15, 0.2) is 76.7 Å². The van der Waals surface area contributed by atoms with Gasteiger partial charge in [0.15, 0.2) is 0 Å². The first kappa shape index (κ1) is 21.4. The van der Waals surface area contributed by atoms with Crippen LogP contribution in [0.2, 0.25) is 0 Å². The van der Waals surface area contributed by atoms with E-state index in [1.165, 1.54) is 10.4 Å². The number of nitrogens with one attached hydrogen (secondary N) is 1. The van der Waals surface area contributed by atoms with Crippen LogP contribution in [0.5, 0.6) is 0 Å². The van der Waals surface area contributed by atoms with E-state index in [-0.39, 0.29) is 23.5 Å². The summed E-state index contributed by atoms with van der Waals surface area (Å²) < 4.78 is 37.3. The molecule has 3 aromatic heterocycles. The molecule has 0 atom stereocenters. The second-order valence-electron chi connectivity index (χ2n) is 7.69. The van der Waals surface area contributed by atoms with E-state index in [2.05, 4.69) is 18.7 Å². The van der Waals surface area contributed by atoms with Gasteiger partial charge in [-0.05, 0) is 47.7 Å². The number of fused-ring (bicyclic) bond motifs is 2. The zero-order valence-corrected chi connectivity index (χ0v) is 19.2. The second-order valence-corrected chi connectivity index (χ2v) is 10.1. The Kier molecular flexibility index (Phi) is 5.49. The lowest BCUT2D eigenvalue weighted by molar-refractivity contribution is 0.400. The molecule has 0 aliphatic heterocycles. The molecule has 8 nitrogen and oxygen atoms in total. The van der Waals surface area contributed by atoms with Crippen LogP contribution in [0, 0.1) is 6.92 Å². The zero-order valence-electron chi connectivity index (χ0n) is 17.6. The van der Waals surface area contributed by atoms with Crippen LogP contribution in [-0.4, -0.2) is 31.4 Å². The highest BCUT2D eigenvalue weighted by Gasteiger charge is 2.29. The van der Waals surface area contributed by atoms with Crippen molar-refractivity contribution in [3.8, 4) is 0 Å². The van der Waals surface area contributed by atoms with E-state index in [0.717, 1.165) is 28.2 Å². The minimum Gasteiger partial charge on any atom is -0.321 e. The van der Waals surface area contributed by atoms with Crippen molar-refractivity contribution in [2.24, 2.45) is 0 Å². The van der Waals surface area contributed by atoms with Gasteiger partial charge in [0, 0.05) is 31.0 Å². The molecule has 1 N–H and O–H groups in total. The smallest absolute Gasteiger partial charge is 0.252 e. The summed E-state index contributed by atoms with van der Waals surface area (Å²) in [6.07, 6.45) is 3.24. The van der Waals surface area contributed by atoms with Gasteiger partial charge in [-0.2, -0.15) is 13.1 Å². The molecule has 0 saturated heterocycles. The van der Waals surface area contributed by atoms with Gasteiger partial charge in [-0.3, -0.25) is 9.78 Å². The Morgan fingerprint density at radius 2 is 1.88 bits per heavy atom. The molecule has 0 aliphatic rings. The third kappa shape index (κ3) is 4.04. The molecule has 2 aromatic carbocycles. The number of hydrogen-bond donors (Lipinski definition) is 1. The molecule has 5 rings (SSSR count). The summed E-state index contributed by atoms with van der Waals surface area (Å²) in [6.45, 7) is 1.86. The molecule has 0 radical (unpaired) electrons. The number of para-hydroxylation sites is 1. The average Bonchev–Trinajstić information content (AvgIpc) is 3.29. The van der Waals surface area contributed by atoms with Gasteiger partial charge < -0.3 is 4.98 Å². The van der Waals surface area contributed by atoms with E-state index in [0.29, 0.717) is 22.2 Å². The van der Waals surface area contributed by atoms with Crippen LogP contribution in [0.25, 0.3) is 21.9 Å². The highest BCUT2D eigenvalue weighted by atomic mass is 32.2. The second kappa shape index (κ2) is 8.47. The molecule has 0 saturated carbocycles. The predicted octanol–water partition coefficient (Wildman–Crippen LogP) is 3.63. The lowest BCUT2D eigenvalue weighted by atomic mass is 10.1. The Balaban J connectivity index is 1.62. The maximum absolute atomic E-state index is 13.8. The number of nitrogens with zero attached hydrogens (tertiary/aromatic N) is 4. The third-order valence-corrected chi connectivity index (χ3v) is 7.83. The van der Waals surface area contributed by atoms with Gasteiger partial charge in [-0.15, -0.1) is 0 Å². The number of pyridine rings is 2. The van der Waals surface area contributed by atoms with Crippen LogP contribution < -0.4 is 5.56 Å². The Bertz CT molecular complexity index is 1630. The maximum atomic E-state index is 13.8. The third-order valence-electron chi connectivity index (χ3n) is 5.46. The average molecular weight is 478 g/mol. The largest absolute Gasteiger partial charge is 0.321 e. The lowest BCUT2D eigenvalue weighted by Crippen LogP contribution is -2.32. The number of aryl methyl sites for hydroxylation is 1. The van der Waals surface area contributed by atoms with Gasteiger partial charge in [-0.1, -0.05) is 30.3 Å². The molecule has 0 spiro atoms. The fraction of sp³-hybridized carbons (Fsp3) is 0.130. The van der Waals surface area contributed by atoms with Crippen LogP contribution in [0.1, 0.15) is 16.7 Å². The molecule has 10 heteroatoms. The number of benzene rings is 2. The molecule has 166 valence electrons. The van der Waals surface area contributed by atoms with E-state index < -0.39 is 10.0 Å². The van der Waals surface area contributed by atoms with Crippen molar-refractivity contribution in [1.82, 2.24) is 23.0 Å². The first-order chi connectivity index (χ1) is 15.9. The van der Waals surface area contributed by atoms with E-state index in [4.69, 9.17) is 0 Å². The molecular formula is C23H19N5O3S2. The van der Waals surface area contributed by atoms with Gasteiger partial charge in [-0.25, -0.2) is 8.42 Å². The molecule has 0 amide bonds. The highest BCUT2D eigenvalue weighted by Crippen LogP contribution is 2.27. The Hall–Kier alpha value is -3.47. The number of sulfonamides is 1. The van der Waals surface area contributed by atoms with Crippen molar-refractivity contribution in [2.75, 3.05) is 0 Å². The van der Waals surface area contributed by atoms with Crippen molar-refractivity contribution < 1.29 is 8.42 Å². The Morgan fingerprint density at radius 3 is 2.70 bits per heavy atom. The van der Waals surface area contributed by atoms with Crippen molar-refractivity contribution in [1.29, 1.82) is 0 Å². The van der Waals surface area contributed by atoms with Crippen molar-refractivity contribution in [2.45, 2.75) is 24.9 Å². The van der Waals surface area contributed by atoms with Gasteiger partial charge in [0.2, 0.25) is 10.0 Å². The van der Waals surface area contributed by atoms with E-state index in [1.54, 1.807) is 42.7 Å². The molecule has 0 aliphatic carbocycles. The van der Waals surface area contributed by atoms with Gasteiger partial charge in [0.1, 0.15) is 15.9 Å². The summed E-state index contributed by atoms with van der Waals surface area (Å²) in [5.74, 6) is 0. The molecule has 0 unspecified atom stereocenters. The van der Waals surface area contributed by atoms with Crippen LogP contribution in [0.3, 0.4) is 0 Å². The highest BCUT2D eigenvalue weighted by molar-refractivity contribution is 7.89. The quantitative estimate of drug-likeness (QED) is 0.400. The van der Waals surface area contributed by atoms with Gasteiger partial charge >= 0.3 is 0 Å². The molecule has 0 bridgehead atoms. The number of hydrogen-bond acceptors (Lipinski definition) is 7. The summed E-state index contributed by atoms with van der Waals surface area (Å²) in [6, 6.07) is 15.9. The van der Waals surface area contributed by atoms with Crippen molar-refractivity contribution >= 4 is 43.7 Å². The molecule has 0 fully saturated rings. The summed E-state index contributed by atoms with van der Waals surface area (Å²) in [7, 11) is -4.02. The number of aromatic amines is 1. The normalized spacial score (nSPS) is 12.1. The summed E-state index contributed by atoms with van der Waals surface area (Å²) in [4.78, 5) is 20.0. The standard InChI is InChI=1S/C23H19N5O3S2/c1-15-5-2-7-17-11-18(23(29)25-21(15)17)14-28(13-16-6-4-10-24-12-16)33(30,31)20-9-3-8-19-22(20)27-32-26-19/h2-12H,13-14H2,1H3,(H,25,29). The Morgan fingerprint density at radius 1 is 1.03 bits per heavy atom. The van der Waals surface area contributed by atoms with Gasteiger partial charge in [0.05, 0.1) is 17.2 Å². The molecule has 3 heterocycles. The zero-order chi connectivity index (χ0) is 23.0. The maximum Gasteiger partial charge on any atom is 0.252 e. The predicted molar refractivity (Wildman–Crippen MR) is 127 cm³/mol. The summed E-state index contributed by atoms with van der Waals surface area (Å²) in [5, 5.41) is 0.842. The Labute approximate surface area is 193 Å². The summed E-state index contributed by atoms with van der Waals surface area (Å²) >= 11 is 0.960. The fourth-order valence-electron chi connectivity index (χ4n) is 3.79. The molecule has 5 aromatic rings.